The van der Waals surface area contributed by atoms with Crippen LogP contribution in [0.15, 0.2) is 48.8 Å². The average Bonchev–Trinajstić information content (AvgIpc) is 2.55. The highest BCUT2D eigenvalue weighted by Gasteiger charge is 2.12. The molecule has 1 aromatic heterocycles. The Kier molecular flexibility index (Phi) is 5.48. The number of phenols is 1. The van der Waals surface area contributed by atoms with E-state index < -0.39 is 11.8 Å². The van der Waals surface area contributed by atoms with Crippen LogP contribution in [-0.2, 0) is 22.6 Å². The van der Waals surface area contributed by atoms with Gasteiger partial charge in [-0.05, 0) is 35.7 Å². The molecule has 0 unspecified atom stereocenters. The lowest BCUT2D eigenvalue weighted by Crippen LogP contribution is -2.40. The molecule has 0 fully saturated rings. The SMILES string of the molecule is O=C(NCCc1ccc(O)cc1)C(=O)NCc1cccnc1. The summed E-state index contributed by atoms with van der Waals surface area (Å²) in [5.74, 6) is -1.14. The highest BCUT2D eigenvalue weighted by molar-refractivity contribution is 6.35. The fourth-order valence-electron chi connectivity index (χ4n) is 1.83. The second-order valence-electron chi connectivity index (χ2n) is 4.72. The van der Waals surface area contributed by atoms with Crippen molar-refractivity contribution in [3.05, 3.63) is 59.9 Å². The summed E-state index contributed by atoms with van der Waals surface area (Å²) in [5.41, 5.74) is 1.79. The van der Waals surface area contributed by atoms with Crippen LogP contribution in [0.2, 0.25) is 0 Å². The topological polar surface area (TPSA) is 91.3 Å². The van der Waals surface area contributed by atoms with E-state index in [0.717, 1.165) is 11.1 Å². The van der Waals surface area contributed by atoms with Crippen LogP contribution in [0.3, 0.4) is 0 Å². The van der Waals surface area contributed by atoms with Crippen molar-refractivity contribution in [1.29, 1.82) is 0 Å². The van der Waals surface area contributed by atoms with Crippen molar-refractivity contribution >= 4 is 11.8 Å². The molecule has 0 aliphatic carbocycles. The molecule has 0 aliphatic heterocycles. The number of benzene rings is 1. The Bertz CT molecular complexity index is 627. The normalized spacial score (nSPS) is 10.0. The van der Waals surface area contributed by atoms with E-state index in [-0.39, 0.29) is 12.3 Å². The highest BCUT2D eigenvalue weighted by Crippen LogP contribution is 2.09. The van der Waals surface area contributed by atoms with Crippen molar-refractivity contribution in [2.45, 2.75) is 13.0 Å². The van der Waals surface area contributed by atoms with Gasteiger partial charge >= 0.3 is 11.8 Å². The zero-order valence-corrected chi connectivity index (χ0v) is 12.0. The number of aromatic nitrogens is 1. The maximum atomic E-state index is 11.6. The fraction of sp³-hybridized carbons (Fsp3) is 0.188. The Labute approximate surface area is 128 Å². The lowest BCUT2D eigenvalue weighted by Gasteiger charge is -2.06. The molecule has 0 radical (unpaired) electrons. The van der Waals surface area contributed by atoms with E-state index in [1.807, 2.05) is 6.07 Å². The Morgan fingerprint density at radius 3 is 2.41 bits per heavy atom. The number of aromatic hydroxyl groups is 1. The van der Waals surface area contributed by atoms with E-state index in [2.05, 4.69) is 15.6 Å². The highest BCUT2D eigenvalue weighted by atomic mass is 16.3. The number of phenolic OH excluding ortho intramolecular Hbond substituents is 1. The number of hydrogen-bond acceptors (Lipinski definition) is 4. The molecule has 0 atom stereocenters. The number of rotatable bonds is 5. The molecular weight excluding hydrogens is 282 g/mol. The molecule has 2 aromatic rings. The third-order valence-corrected chi connectivity index (χ3v) is 3.02. The molecule has 0 bridgehead atoms. The third kappa shape index (κ3) is 4.90. The van der Waals surface area contributed by atoms with Crippen LogP contribution in [0, 0.1) is 0 Å². The van der Waals surface area contributed by atoms with Crippen LogP contribution in [0.1, 0.15) is 11.1 Å². The average molecular weight is 299 g/mol. The minimum Gasteiger partial charge on any atom is -0.508 e. The smallest absolute Gasteiger partial charge is 0.309 e. The van der Waals surface area contributed by atoms with Crippen molar-refractivity contribution in [3.63, 3.8) is 0 Å². The molecule has 0 saturated carbocycles. The molecule has 2 amide bonds. The first-order chi connectivity index (χ1) is 10.6. The van der Waals surface area contributed by atoms with Crippen molar-refractivity contribution in [1.82, 2.24) is 15.6 Å². The lowest BCUT2D eigenvalue weighted by atomic mass is 10.1. The predicted molar refractivity (Wildman–Crippen MR) is 80.9 cm³/mol. The van der Waals surface area contributed by atoms with Crippen LogP contribution in [0.4, 0.5) is 0 Å². The predicted octanol–water partition coefficient (Wildman–Crippen LogP) is 0.762. The number of hydrogen-bond donors (Lipinski definition) is 3. The largest absolute Gasteiger partial charge is 0.508 e. The molecule has 3 N–H and O–H groups in total. The van der Waals surface area contributed by atoms with Gasteiger partial charge in [-0.15, -0.1) is 0 Å². The molecule has 22 heavy (non-hydrogen) atoms. The van der Waals surface area contributed by atoms with Crippen molar-refractivity contribution < 1.29 is 14.7 Å². The van der Waals surface area contributed by atoms with Crippen molar-refractivity contribution in [2.75, 3.05) is 6.54 Å². The molecular formula is C16H17N3O3. The molecule has 1 heterocycles. The second-order valence-corrected chi connectivity index (χ2v) is 4.72. The zero-order valence-electron chi connectivity index (χ0n) is 12.0. The molecule has 114 valence electrons. The molecule has 0 saturated heterocycles. The summed E-state index contributed by atoms with van der Waals surface area (Å²) in [7, 11) is 0. The van der Waals surface area contributed by atoms with Gasteiger partial charge < -0.3 is 15.7 Å². The first-order valence-electron chi connectivity index (χ1n) is 6.88. The Balaban J connectivity index is 1.70. The van der Waals surface area contributed by atoms with Gasteiger partial charge in [0, 0.05) is 25.5 Å². The molecule has 6 heteroatoms. The van der Waals surface area contributed by atoms with Crippen molar-refractivity contribution in [3.8, 4) is 5.75 Å². The molecule has 0 spiro atoms. The monoisotopic (exact) mass is 299 g/mol. The molecule has 6 nitrogen and oxygen atoms in total. The van der Waals surface area contributed by atoms with E-state index in [4.69, 9.17) is 5.11 Å². The van der Waals surface area contributed by atoms with E-state index in [9.17, 15) is 9.59 Å². The van der Waals surface area contributed by atoms with Gasteiger partial charge in [-0.2, -0.15) is 0 Å². The maximum Gasteiger partial charge on any atom is 0.309 e. The second kappa shape index (κ2) is 7.78. The first kappa shape index (κ1) is 15.5. The quantitative estimate of drug-likeness (QED) is 0.711. The minimum absolute atomic E-state index is 0.197. The van der Waals surface area contributed by atoms with E-state index in [1.54, 1.807) is 42.7 Å². The summed E-state index contributed by atoms with van der Waals surface area (Å²) in [6, 6.07) is 10.3. The van der Waals surface area contributed by atoms with Gasteiger partial charge in [0.1, 0.15) is 5.75 Å². The first-order valence-corrected chi connectivity index (χ1v) is 6.88. The number of nitrogens with zero attached hydrogens (tertiary/aromatic N) is 1. The third-order valence-electron chi connectivity index (χ3n) is 3.02. The van der Waals surface area contributed by atoms with Crippen LogP contribution in [-0.4, -0.2) is 28.4 Å². The summed E-state index contributed by atoms with van der Waals surface area (Å²) in [6.45, 7) is 0.613. The van der Waals surface area contributed by atoms with Gasteiger partial charge in [0.2, 0.25) is 0 Å². The zero-order chi connectivity index (χ0) is 15.8. The number of pyridine rings is 1. The fourth-order valence-corrected chi connectivity index (χ4v) is 1.83. The van der Waals surface area contributed by atoms with Gasteiger partial charge in [-0.1, -0.05) is 18.2 Å². The molecule has 1 aromatic carbocycles. The number of carbonyl (C=O) groups excluding carboxylic acids is 2. The molecule has 0 aliphatic rings. The van der Waals surface area contributed by atoms with Crippen LogP contribution in [0.25, 0.3) is 0 Å². The van der Waals surface area contributed by atoms with Gasteiger partial charge in [-0.3, -0.25) is 14.6 Å². The Hall–Kier alpha value is -2.89. The minimum atomic E-state index is -0.672. The van der Waals surface area contributed by atoms with Gasteiger partial charge in [0.25, 0.3) is 0 Å². The van der Waals surface area contributed by atoms with Crippen LogP contribution >= 0.6 is 0 Å². The summed E-state index contributed by atoms with van der Waals surface area (Å²) < 4.78 is 0. The lowest BCUT2D eigenvalue weighted by molar-refractivity contribution is -0.139. The van der Waals surface area contributed by atoms with E-state index in [0.29, 0.717) is 13.0 Å². The Morgan fingerprint density at radius 1 is 1.00 bits per heavy atom. The maximum absolute atomic E-state index is 11.6. The van der Waals surface area contributed by atoms with Crippen molar-refractivity contribution in [2.24, 2.45) is 0 Å². The number of nitrogens with one attached hydrogen (secondary N) is 2. The summed E-state index contributed by atoms with van der Waals surface area (Å²) in [6.07, 6.45) is 3.85. The van der Waals surface area contributed by atoms with Gasteiger partial charge in [0.15, 0.2) is 0 Å². The van der Waals surface area contributed by atoms with Gasteiger partial charge in [0.05, 0.1) is 0 Å². The van der Waals surface area contributed by atoms with E-state index >= 15 is 0 Å². The van der Waals surface area contributed by atoms with Crippen LogP contribution < -0.4 is 10.6 Å². The summed E-state index contributed by atoms with van der Waals surface area (Å²) in [5, 5.41) is 14.3. The summed E-state index contributed by atoms with van der Waals surface area (Å²) >= 11 is 0. The Morgan fingerprint density at radius 2 is 1.73 bits per heavy atom. The standard InChI is InChI=1S/C16H17N3O3/c20-14-5-3-12(4-6-14)7-9-18-15(21)16(22)19-11-13-2-1-8-17-10-13/h1-6,8,10,20H,7,9,11H2,(H,18,21)(H,19,22). The number of carbonyl (C=O) groups is 2. The molecule has 2 rings (SSSR count). The van der Waals surface area contributed by atoms with Gasteiger partial charge in [-0.25, -0.2) is 0 Å². The van der Waals surface area contributed by atoms with Crippen LogP contribution in [0.5, 0.6) is 5.75 Å². The number of amides is 2. The van der Waals surface area contributed by atoms with E-state index in [1.165, 1.54) is 0 Å². The summed E-state index contributed by atoms with van der Waals surface area (Å²) in [4.78, 5) is 27.2.